The average Bonchev–Trinajstić information content (AvgIpc) is 2.74. The molecule has 1 saturated heterocycles. The zero-order valence-electron chi connectivity index (χ0n) is 18.1. The Hall–Kier alpha value is -2.93. The Balaban J connectivity index is 1.39. The van der Waals surface area contributed by atoms with Crippen molar-refractivity contribution in [2.75, 3.05) is 20.2 Å². The SMILES string of the molecule is COc1cc(OC2CCN(C3CCC3)CC2)ccc1-n1c(C)nc2ccncc2c1=O. The van der Waals surface area contributed by atoms with Crippen LogP contribution in [0.4, 0.5) is 0 Å². The third-order valence-electron chi connectivity index (χ3n) is 6.60. The average molecular weight is 421 g/mol. The Bertz CT molecular complexity index is 1150. The van der Waals surface area contributed by atoms with Gasteiger partial charge in [0.15, 0.2) is 0 Å². The zero-order valence-corrected chi connectivity index (χ0v) is 18.1. The molecule has 2 fully saturated rings. The van der Waals surface area contributed by atoms with Gasteiger partial charge in [0, 0.05) is 37.6 Å². The van der Waals surface area contributed by atoms with Gasteiger partial charge in [0.25, 0.3) is 5.56 Å². The molecule has 162 valence electrons. The fourth-order valence-electron chi connectivity index (χ4n) is 4.64. The highest BCUT2D eigenvalue weighted by atomic mass is 16.5. The molecule has 0 bridgehead atoms. The summed E-state index contributed by atoms with van der Waals surface area (Å²) in [6.45, 7) is 4.03. The molecule has 1 aliphatic heterocycles. The molecule has 0 atom stereocenters. The van der Waals surface area contributed by atoms with Crippen molar-refractivity contribution in [1.82, 2.24) is 19.4 Å². The summed E-state index contributed by atoms with van der Waals surface area (Å²) in [4.78, 5) is 24.4. The third kappa shape index (κ3) is 3.78. The lowest BCUT2D eigenvalue weighted by molar-refractivity contribution is 0.0492. The van der Waals surface area contributed by atoms with Gasteiger partial charge in [-0.3, -0.25) is 14.3 Å². The highest BCUT2D eigenvalue weighted by molar-refractivity contribution is 5.76. The maximum Gasteiger partial charge on any atom is 0.267 e. The minimum absolute atomic E-state index is 0.161. The Morgan fingerprint density at radius 2 is 1.90 bits per heavy atom. The molecule has 2 aliphatic rings. The van der Waals surface area contributed by atoms with Crippen LogP contribution in [0.1, 0.15) is 37.9 Å². The largest absolute Gasteiger partial charge is 0.494 e. The standard InChI is InChI=1S/C24H28N4O3/c1-16-26-21-8-11-25-15-20(21)24(29)28(16)22-7-6-19(14-23(22)30-2)31-18-9-12-27(13-10-18)17-4-3-5-17/h6-8,11,14-15,17-18H,3-5,9-10,12-13H2,1-2H3. The molecule has 0 N–H and O–H groups in total. The van der Waals surface area contributed by atoms with Crippen molar-refractivity contribution < 1.29 is 9.47 Å². The van der Waals surface area contributed by atoms with Crippen LogP contribution >= 0.6 is 0 Å². The molecular weight excluding hydrogens is 392 g/mol. The number of ether oxygens (including phenoxy) is 2. The minimum Gasteiger partial charge on any atom is -0.494 e. The number of methoxy groups -OCH3 is 1. The maximum atomic E-state index is 13.1. The van der Waals surface area contributed by atoms with E-state index in [4.69, 9.17) is 9.47 Å². The monoisotopic (exact) mass is 420 g/mol. The molecule has 3 aromatic rings. The van der Waals surface area contributed by atoms with Gasteiger partial charge >= 0.3 is 0 Å². The van der Waals surface area contributed by atoms with Crippen molar-refractivity contribution in [2.24, 2.45) is 0 Å². The predicted octanol–water partition coefficient (Wildman–Crippen LogP) is 3.49. The number of piperidine rings is 1. The summed E-state index contributed by atoms with van der Waals surface area (Å²) >= 11 is 0. The number of fused-ring (bicyclic) bond motifs is 1. The summed E-state index contributed by atoms with van der Waals surface area (Å²) < 4.78 is 13.5. The van der Waals surface area contributed by atoms with E-state index in [-0.39, 0.29) is 11.7 Å². The van der Waals surface area contributed by atoms with Gasteiger partial charge < -0.3 is 14.4 Å². The van der Waals surface area contributed by atoms with Gasteiger partial charge in [-0.15, -0.1) is 0 Å². The fourth-order valence-corrected chi connectivity index (χ4v) is 4.64. The van der Waals surface area contributed by atoms with E-state index in [1.807, 2.05) is 25.1 Å². The first kappa shape index (κ1) is 20.0. The van der Waals surface area contributed by atoms with Crippen LogP contribution in [-0.4, -0.2) is 51.8 Å². The van der Waals surface area contributed by atoms with Crippen molar-refractivity contribution in [3.05, 3.63) is 52.8 Å². The van der Waals surface area contributed by atoms with Gasteiger partial charge in [-0.25, -0.2) is 4.98 Å². The molecule has 1 aromatic carbocycles. The Morgan fingerprint density at radius 3 is 2.61 bits per heavy atom. The normalized spacial score (nSPS) is 18.1. The first-order chi connectivity index (χ1) is 15.1. The predicted molar refractivity (Wildman–Crippen MR) is 119 cm³/mol. The van der Waals surface area contributed by atoms with Crippen LogP contribution in [0.25, 0.3) is 16.6 Å². The maximum absolute atomic E-state index is 13.1. The molecule has 7 nitrogen and oxygen atoms in total. The van der Waals surface area contributed by atoms with Crippen LogP contribution in [0.5, 0.6) is 11.5 Å². The summed E-state index contributed by atoms with van der Waals surface area (Å²) in [6.07, 6.45) is 9.57. The summed E-state index contributed by atoms with van der Waals surface area (Å²) in [6, 6.07) is 8.20. The number of rotatable bonds is 5. The number of hydrogen-bond donors (Lipinski definition) is 0. The summed E-state index contributed by atoms with van der Waals surface area (Å²) in [7, 11) is 1.61. The van der Waals surface area contributed by atoms with Crippen molar-refractivity contribution >= 4 is 10.9 Å². The minimum atomic E-state index is -0.161. The van der Waals surface area contributed by atoms with Gasteiger partial charge in [0.2, 0.25) is 0 Å². The number of benzene rings is 1. The van der Waals surface area contributed by atoms with Crippen molar-refractivity contribution in [2.45, 2.75) is 51.2 Å². The first-order valence-electron chi connectivity index (χ1n) is 11.1. The Kier molecular flexibility index (Phi) is 5.36. The molecule has 5 rings (SSSR count). The third-order valence-corrected chi connectivity index (χ3v) is 6.60. The quantitative estimate of drug-likeness (QED) is 0.629. The van der Waals surface area contributed by atoms with E-state index in [0.29, 0.717) is 28.2 Å². The Labute approximate surface area is 181 Å². The molecule has 31 heavy (non-hydrogen) atoms. The van der Waals surface area contributed by atoms with Crippen LogP contribution in [0.2, 0.25) is 0 Å². The molecule has 0 spiro atoms. The van der Waals surface area contributed by atoms with E-state index in [2.05, 4.69) is 14.9 Å². The van der Waals surface area contributed by atoms with Crippen LogP contribution in [0.3, 0.4) is 0 Å². The number of hydrogen-bond acceptors (Lipinski definition) is 6. The molecule has 2 aromatic heterocycles. The topological polar surface area (TPSA) is 69.5 Å². The molecule has 3 heterocycles. The van der Waals surface area contributed by atoms with Crippen molar-refractivity contribution in [3.63, 3.8) is 0 Å². The van der Waals surface area contributed by atoms with Crippen LogP contribution in [0, 0.1) is 6.92 Å². The van der Waals surface area contributed by atoms with E-state index in [0.717, 1.165) is 37.7 Å². The Morgan fingerprint density at radius 1 is 1.10 bits per heavy atom. The number of pyridine rings is 1. The molecule has 0 amide bonds. The molecular formula is C24H28N4O3. The molecule has 1 aliphatic carbocycles. The fraction of sp³-hybridized carbons (Fsp3) is 0.458. The van der Waals surface area contributed by atoms with Crippen LogP contribution in [0.15, 0.2) is 41.5 Å². The van der Waals surface area contributed by atoms with Crippen LogP contribution < -0.4 is 15.0 Å². The molecule has 1 saturated carbocycles. The second-order valence-corrected chi connectivity index (χ2v) is 8.46. The van der Waals surface area contributed by atoms with E-state index >= 15 is 0 Å². The number of likely N-dealkylation sites (tertiary alicyclic amines) is 1. The summed E-state index contributed by atoms with van der Waals surface area (Å²) in [5, 5.41) is 0.480. The second kappa shape index (κ2) is 8.30. The summed E-state index contributed by atoms with van der Waals surface area (Å²) in [5.74, 6) is 1.95. The van der Waals surface area contributed by atoms with E-state index in [9.17, 15) is 4.79 Å². The van der Waals surface area contributed by atoms with Gasteiger partial charge in [-0.05, 0) is 50.8 Å². The second-order valence-electron chi connectivity index (χ2n) is 8.46. The lowest BCUT2D eigenvalue weighted by atomic mass is 9.90. The molecule has 7 heteroatoms. The van der Waals surface area contributed by atoms with Crippen LogP contribution in [-0.2, 0) is 0 Å². The number of nitrogens with zero attached hydrogens (tertiary/aromatic N) is 4. The molecule has 0 radical (unpaired) electrons. The summed E-state index contributed by atoms with van der Waals surface area (Å²) in [5.41, 5.74) is 1.13. The van der Waals surface area contributed by atoms with E-state index in [1.165, 1.54) is 19.3 Å². The van der Waals surface area contributed by atoms with Gasteiger partial charge in [0.05, 0.1) is 23.7 Å². The highest BCUT2D eigenvalue weighted by Gasteiger charge is 2.29. The highest BCUT2D eigenvalue weighted by Crippen LogP contribution is 2.31. The van der Waals surface area contributed by atoms with Crippen molar-refractivity contribution in [3.8, 4) is 17.2 Å². The smallest absolute Gasteiger partial charge is 0.267 e. The van der Waals surface area contributed by atoms with Gasteiger partial charge in [0.1, 0.15) is 23.4 Å². The first-order valence-corrected chi connectivity index (χ1v) is 11.1. The number of aromatic nitrogens is 3. The van der Waals surface area contributed by atoms with E-state index < -0.39 is 0 Å². The van der Waals surface area contributed by atoms with Gasteiger partial charge in [-0.2, -0.15) is 0 Å². The van der Waals surface area contributed by atoms with Gasteiger partial charge in [-0.1, -0.05) is 6.42 Å². The number of aryl methyl sites for hydroxylation is 1. The van der Waals surface area contributed by atoms with Crippen molar-refractivity contribution in [1.29, 1.82) is 0 Å². The lowest BCUT2D eigenvalue weighted by Crippen LogP contribution is -2.46. The van der Waals surface area contributed by atoms with E-state index in [1.54, 1.807) is 30.1 Å². The zero-order chi connectivity index (χ0) is 21.4. The lowest BCUT2D eigenvalue weighted by Gasteiger charge is -2.41. The molecule has 0 unspecified atom stereocenters.